The van der Waals surface area contributed by atoms with Crippen molar-refractivity contribution in [3.8, 4) is 5.75 Å². The zero-order valence-corrected chi connectivity index (χ0v) is 12.3. The van der Waals surface area contributed by atoms with Gasteiger partial charge in [-0.1, -0.05) is 30.3 Å². The highest BCUT2D eigenvalue weighted by molar-refractivity contribution is 5.57. The lowest BCUT2D eigenvalue weighted by atomic mass is 10.1. The molecule has 112 valence electrons. The zero-order chi connectivity index (χ0) is 15.2. The van der Waals surface area contributed by atoms with Crippen molar-refractivity contribution in [2.45, 2.75) is 12.5 Å². The Bertz CT molecular complexity index is 589. The van der Waals surface area contributed by atoms with Crippen LogP contribution < -0.4 is 9.64 Å². The summed E-state index contributed by atoms with van der Waals surface area (Å²) < 4.78 is 18.9. The molecule has 0 saturated heterocycles. The van der Waals surface area contributed by atoms with Crippen LogP contribution in [0.15, 0.2) is 48.5 Å². The highest BCUT2D eigenvalue weighted by Gasteiger charge is 2.14. The summed E-state index contributed by atoms with van der Waals surface area (Å²) in [6, 6.07) is 14.0. The van der Waals surface area contributed by atoms with Crippen molar-refractivity contribution < 1.29 is 14.2 Å². The number of benzene rings is 2. The van der Waals surface area contributed by atoms with Gasteiger partial charge in [0.25, 0.3) is 0 Å². The van der Waals surface area contributed by atoms with Crippen molar-refractivity contribution in [2.24, 2.45) is 0 Å². The van der Waals surface area contributed by atoms with Gasteiger partial charge in [0.1, 0.15) is 11.6 Å². The fourth-order valence-corrected chi connectivity index (χ4v) is 2.28. The van der Waals surface area contributed by atoms with E-state index in [9.17, 15) is 9.50 Å². The monoisotopic (exact) mass is 289 g/mol. The van der Waals surface area contributed by atoms with E-state index in [2.05, 4.69) is 0 Å². The van der Waals surface area contributed by atoms with Gasteiger partial charge in [-0.25, -0.2) is 4.39 Å². The second-order valence-electron chi connectivity index (χ2n) is 4.92. The van der Waals surface area contributed by atoms with Crippen LogP contribution in [-0.2, 0) is 0 Å². The van der Waals surface area contributed by atoms with E-state index in [-0.39, 0.29) is 5.82 Å². The molecule has 2 aromatic carbocycles. The first-order valence-electron chi connectivity index (χ1n) is 6.90. The minimum Gasteiger partial charge on any atom is -0.495 e. The number of hydrogen-bond donors (Lipinski definition) is 1. The molecule has 0 amide bonds. The fourth-order valence-electron chi connectivity index (χ4n) is 2.28. The molecule has 0 radical (unpaired) electrons. The van der Waals surface area contributed by atoms with Gasteiger partial charge >= 0.3 is 0 Å². The normalized spacial score (nSPS) is 12.0. The molecule has 1 unspecified atom stereocenters. The Morgan fingerprint density at radius 3 is 2.52 bits per heavy atom. The SMILES string of the molecule is COc1ccccc1N(C)CCC(O)c1ccccc1F. The van der Waals surface area contributed by atoms with Gasteiger partial charge in [0.15, 0.2) is 0 Å². The zero-order valence-electron chi connectivity index (χ0n) is 12.3. The Labute approximate surface area is 124 Å². The first kappa shape index (κ1) is 15.3. The molecule has 4 heteroatoms. The van der Waals surface area contributed by atoms with Gasteiger partial charge in [0.05, 0.1) is 18.9 Å². The van der Waals surface area contributed by atoms with E-state index in [0.29, 0.717) is 18.5 Å². The topological polar surface area (TPSA) is 32.7 Å². The van der Waals surface area contributed by atoms with Crippen LogP contribution in [0.2, 0.25) is 0 Å². The van der Waals surface area contributed by atoms with Crippen LogP contribution in [0.5, 0.6) is 5.75 Å². The number of aliphatic hydroxyl groups excluding tert-OH is 1. The number of halogens is 1. The second kappa shape index (κ2) is 7.09. The summed E-state index contributed by atoms with van der Waals surface area (Å²) in [7, 11) is 3.55. The number of rotatable bonds is 6. The smallest absolute Gasteiger partial charge is 0.142 e. The predicted molar refractivity (Wildman–Crippen MR) is 82.2 cm³/mol. The summed E-state index contributed by atoms with van der Waals surface area (Å²) in [5, 5.41) is 10.1. The number of anilines is 1. The standard InChI is InChI=1S/C17H20FNO2/c1-19(15-9-5-6-10-17(15)21-2)12-11-16(20)13-7-3-4-8-14(13)18/h3-10,16,20H,11-12H2,1-2H3. The van der Waals surface area contributed by atoms with Crippen LogP contribution >= 0.6 is 0 Å². The molecule has 0 aliphatic carbocycles. The molecule has 2 aromatic rings. The minimum absolute atomic E-state index is 0.339. The lowest BCUT2D eigenvalue weighted by Gasteiger charge is -2.23. The molecule has 2 rings (SSSR count). The van der Waals surface area contributed by atoms with Crippen LogP contribution in [0.25, 0.3) is 0 Å². The molecule has 1 atom stereocenters. The van der Waals surface area contributed by atoms with E-state index < -0.39 is 6.10 Å². The number of methoxy groups -OCH3 is 1. The van der Waals surface area contributed by atoms with Crippen LogP contribution in [0.1, 0.15) is 18.1 Å². The number of ether oxygens (including phenoxy) is 1. The second-order valence-corrected chi connectivity index (χ2v) is 4.92. The van der Waals surface area contributed by atoms with Crippen LogP contribution in [0, 0.1) is 5.82 Å². The molecule has 0 aliphatic heterocycles. The maximum Gasteiger partial charge on any atom is 0.142 e. The van der Waals surface area contributed by atoms with Gasteiger partial charge in [-0.05, 0) is 24.6 Å². The average molecular weight is 289 g/mol. The van der Waals surface area contributed by atoms with Gasteiger partial charge in [-0.15, -0.1) is 0 Å². The summed E-state index contributed by atoms with van der Waals surface area (Å²) in [5.74, 6) is 0.408. The first-order valence-corrected chi connectivity index (χ1v) is 6.90. The number of para-hydroxylation sites is 2. The summed E-state index contributed by atoms with van der Waals surface area (Å²) in [5.41, 5.74) is 1.28. The maximum atomic E-state index is 13.6. The summed E-state index contributed by atoms with van der Waals surface area (Å²) >= 11 is 0. The Morgan fingerprint density at radius 2 is 1.81 bits per heavy atom. The van der Waals surface area contributed by atoms with Gasteiger partial charge in [0.2, 0.25) is 0 Å². The molecule has 0 saturated carbocycles. The molecule has 1 N–H and O–H groups in total. The molecule has 0 bridgehead atoms. The molecule has 0 heterocycles. The number of hydrogen-bond acceptors (Lipinski definition) is 3. The third kappa shape index (κ3) is 3.73. The van der Waals surface area contributed by atoms with E-state index in [1.165, 1.54) is 6.07 Å². The van der Waals surface area contributed by atoms with E-state index in [1.807, 2.05) is 36.2 Å². The molecule has 0 fully saturated rings. The van der Waals surface area contributed by atoms with Crippen molar-refractivity contribution in [2.75, 3.05) is 25.6 Å². The van der Waals surface area contributed by atoms with E-state index in [4.69, 9.17) is 4.74 Å². The van der Waals surface area contributed by atoms with Crippen LogP contribution in [-0.4, -0.2) is 25.8 Å². The highest BCUT2D eigenvalue weighted by Crippen LogP contribution is 2.28. The first-order chi connectivity index (χ1) is 10.1. The number of aliphatic hydroxyl groups is 1. The van der Waals surface area contributed by atoms with Crippen LogP contribution in [0.4, 0.5) is 10.1 Å². The van der Waals surface area contributed by atoms with Crippen molar-refractivity contribution in [1.82, 2.24) is 0 Å². The summed E-state index contributed by atoms with van der Waals surface area (Å²) in [4.78, 5) is 1.99. The summed E-state index contributed by atoms with van der Waals surface area (Å²) in [6.45, 7) is 0.593. The van der Waals surface area contributed by atoms with Gasteiger partial charge in [0, 0.05) is 19.2 Å². The van der Waals surface area contributed by atoms with Crippen molar-refractivity contribution in [3.63, 3.8) is 0 Å². The average Bonchev–Trinajstić information content (AvgIpc) is 2.52. The van der Waals surface area contributed by atoms with E-state index in [0.717, 1.165) is 11.4 Å². The molecule has 21 heavy (non-hydrogen) atoms. The van der Waals surface area contributed by atoms with Gasteiger partial charge in [-0.3, -0.25) is 0 Å². The Kier molecular flexibility index (Phi) is 5.17. The highest BCUT2D eigenvalue weighted by atomic mass is 19.1. The predicted octanol–water partition coefficient (Wildman–Crippen LogP) is 3.39. The van der Waals surface area contributed by atoms with E-state index in [1.54, 1.807) is 25.3 Å². The largest absolute Gasteiger partial charge is 0.495 e. The molecule has 0 aromatic heterocycles. The Hall–Kier alpha value is -2.07. The molecule has 0 aliphatic rings. The molecular formula is C17H20FNO2. The quantitative estimate of drug-likeness (QED) is 0.884. The Morgan fingerprint density at radius 1 is 1.14 bits per heavy atom. The summed E-state index contributed by atoms with van der Waals surface area (Å²) in [6.07, 6.45) is -0.376. The van der Waals surface area contributed by atoms with Crippen molar-refractivity contribution >= 4 is 5.69 Å². The van der Waals surface area contributed by atoms with Crippen LogP contribution in [0.3, 0.4) is 0 Å². The molecular weight excluding hydrogens is 269 g/mol. The van der Waals surface area contributed by atoms with Crippen molar-refractivity contribution in [1.29, 1.82) is 0 Å². The van der Waals surface area contributed by atoms with Crippen molar-refractivity contribution in [3.05, 3.63) is 59.9 Å². The third-order valence-corrected chi connectivity index (χ3v) is 3.50. The Balaban J connectivity index is 2.01. The third-order valence-electron chi connectivity index (χ3n) is 3.50. The van der Waals surface area contributed by atoms with Gasteiger partial charge < -0.3 is 14.7 Å². The molecule has 0 spiro atoms. The minimum atomic E-state index is -0.816. The van der Waals surface area contributed by atoms with E-state index >= 15 is 0 Å². The van der Waals surface area contributed by atoms with Gasteiger partial charge in [-0.2, -0.15) is 0 Å². The number of nitrogens with zero attached hydrogens (tertiary/aromatic N) is 1. The maximum absolute atomic E-state index is 13.6. The molecule has 3 nitrogen and oxygen atoms in total. The fraction of sp³-hybridized carbons (Fsp3) is 0.294. The lowest BCUT2D eigenvalue weighted by Crippen LogP contribution is -2.21. The lowest BCUT2D eigenvalue weighted by molar-refractivity contribution is 0.165.